The van der Waals surface area contributed by atoms with Crippen LogP contribution < -0.4 is 10.6 Å². The van der Waals surface area contributed by atoms with Crippen molar-refractivity contribution in [2.24, 2.45) is 0 Å². The molecule has 0 aromatic rings. The number of sulfonamides is 1. The number of ether oxygens (including phenoxy) is 1. The number of urea groups is 1. The van der Waals surface area contributed by atoms with Crippen LogP contribution in [0.2, 0.25) is 0 Å². The number of nitrogens with one attached hydrogen (secondary N) is 2. The lowest BCUT2D eigenvalue weighted by Crippen LogP contribution is -2.64. The quantitative estimate of drug-likeness (QED) is 0.535. The van der Waals surface area contributed by atoms with Crippen molar-refractivity contribution in [1.29, 1.82) is 0 Å². The van der Waals surface area contributed by atoms with Crippen LogP contribution in [0.25, 0.3) is 0 Å². The molecule has 0 saturated carbocycles. The fraction of sp³-hybridized carbons (Fsp3) is 0.812. The van der Waals surface area contributed by atoms with Gasteiger partial charge in [-0.15, -0.1) is 0 Å². The van der Waals surface area contributed by atoms with Gasteiger partial charge in [0.05, 0.1) is 19.5 Å². The van der Waals surface area contributed by atoms with E-state index in [2.05, 4.69) is 10.6 Å². The molecule has 4 amide bonds. The predicted molar refractivity (Wildman–Crippen MR) is 98.9 cm³/mol. The Morgan fingerprint density at radius 3 is 2.50 bits per heavy atom. The van der Waals surface area contributed by atoms with Gasteiger partial charge in [0.2, 0.25) is 21.8 Å². The van der Waals surface area contributed by atoms with Gasteiger partial charge in [-0.05, 0) is 12.8 Å². The second kappa shape index (κ2) is 8.62. The third-order valence-corrected chi connectivity index (χ3v) is 6.50. The number of carbonyl (C=O) groups excluding carboxylic acids is 3. The van der Waals surface area contributed by atoms with Crippen LogP contribution in [-0.4, -0.2) is 111 Å². The van der Waals surface area contributed by atoms with Gasteiger partial charge >= 0.3 is 6.03 Å². The monoisotopic (exact) mass is 417 g/mol. The first-order chi connectivity index (χ1) is 13.3. The van der Waals surface area contributed by atoms with Crippen LogP contribution in [0.5, 0.6) is 0 Å². The van der Waals surface area contributed by atoms with E-state index in [0.29, 0.717) is 39.3 Å². The number of rotatable bonds is 3. The lowest BCUT2D eigenvalue weighted by atomic mass is 10.1. The molecule has 0 aromatic carbocycles. The molecule has 0 bridgehead atoms. The molecule has 3 heterocycles. The van der Waals surface area contributed by atoms with Gasteiger partial charge in [0.15, 0.2) is 0 Å². The van der Waals surface area contributed by atoms with Gasteiger partial charge in [-0.1, -0.05) is 0 Å². The fourth-order valence-corrected chi connectivity index (χ4v) is 4.72. The summed E-state index contributed by atoms with van der Waals surface area (Å²) in [4.78, 5) is 40.7. The lowest BCUT2D eigenvalue weighted by Gasteiger charge is -2.41. The highest BCUT2D eigenvalue weighted by Crippen LogP contribution is 2.17. The second-order valence-corrected chi connectivity index (χ2v) is 9.15. The van der Waals surface area contributed by atoms with Crippen molar-refractivity contribution in [3.8, 4) is 0 Å². The van der Waals surface area contributed by atoms with Crippen molar-refractivity contribution in [3.05, 3.63) is 0 Å². The highest BCUT2D eigenvalue weighted by atomic mass is 32.2. The average Bonchev–Trinajstić information content (AvgIpc) is 2.68. The standard InChI is InChI=1S/C16H27N5O6S/c1-28(25,26)21-6-5-20(16(24)19-7-9-27-10-8-19)11-13(21)15(23)18-12-3-2-4-17-14(12)22/h12-13H,2-11H2,1H3,(H,17,22)(H,18,23)/t12-,13-/m0/s1. The summed E-state index contributed by atoms with van der Waals surface area (Å²) in [7, 11) is -3.65. The summed E-state index contributed by atoms with van der Waals surface area (Å²) in [6, 6.07) is -1.99. The maximum Gasteiger partial charge on any atom is 0.320 e. The van der Waals surface area contributed by atoms with Gasteiger partial charge < -0.3 is 25.2 Å². The van der Waals surface area contributed by atoms with Crippen LogP contribution in [0.3, 0.4) is 0 Å². The van der Waals surface area contributed by atoms with Gasteiger partial charge in [-0.2, -0.15) is 4.31 Å². The maximum absolute atomic E-state index is 12.8. The molecule has 11 nitrogen and oxygen atoms in total. The Balaban J connectivity index is 1.72. The number of piperazine rings is 1. The van der Waals surface area contributed by atoms with Crippen LogP contribution >= 0.6 is 0 Å². The van der Waals surface area contributed by atoms with Crippen LogP contribution in [0, 0.1) is 0 Å². The van der Waals surface area contributed by atoms with Crippen LogP contribution in [0.1, 0.15) is 12.8 Å². The number of piperidine rings is 1. The topological polar surface area (TPSA) is 128 Å². The average molecular weight is 417 g/mol. The van der Waals surface area contributed by atoms with E-state index in [0.717, 1.165) is 17.0 Å². The number of morpholine rings is 1. The van der Waals surface area contributed by atoms with Crippen LogP contribution in [-0.2, 0) is 24.3 Å². The summed E-state index contributed by atoms with van der Waals surface area (Å²) in [6.07, 6.45) is 2.28. The zero-order valence-electron chi connectivity index (χ0n) is 15.9. The lowest BCUT2D eigenvalue weighted by molar-refractivity contribution is -0.132. The molecule has 3 rings (SSSR count). The van der Waals surface area contributed by atoms with Gasteiger partial charge in [-0.3, -0.25) is 9.59 Å². The number of amides is 4. The van der Waals surface area contributed by atoms with Gasteiger partial charge in [0.1, 0.15) is 12.1 Å². The first-order valence-electron chi connectivity index (χ1n) is 9.44. The largest absolute Gasteiger partial charge is 0.378 e. The zero-order chi connectivity index (χ0) is 20.3. The van der Waals surface area contributed by atoms with E-state index < -0.39 is 28.0 Å². The smallest absolute Gasteiger partial charge is 0.320 e. The SMILES string of the molecule is CS(=O)(=O)N1CCN(C(=O)N2CCOCC2)C[C@H]1C(=O)N[C@H]1CCCNC1=O. The second-order valence-electron chi connectivity index (χ2n) is 7.21. The Morgan fingerprint density at radius 1 is 1.14 bits per heavy atom. The van der Waals surface area contributed by atoms with E-state index in [1.165, 1.54) is 4.90 Å². The number of carbonyl (C=O) groups is 3. The van der Waals surface area contributed by atoms with Crippen molar-refractivity contribution in [1.82, 2.24) is 24.7 Å². The van der Waals surface area contributed by atoms with Crippen molar-refractivity contribution in [2.75, 3.05) is 58.7 Å². The minimum Gasteiger partial charge on any atom is -0.378 e. The summed E-state index contributed by atoms with van der Waals surface area (Å²) in [5.41, 5.74) is 0. The molecule has 28 heavy (non-hydrogen) atoms. The third kappa shape index (κ3) is 4.73. The molecule has 0 aromatic heterocycles. The van der Waals surface area contributed by atoms with E-state index >= 15 is 0 Å². The minimum atomic E-state index is -3.65. The minimum absolute atomic E-state index is 0.0316. The Kier molecular flexibility index (Phi) is 6.40. The summed E-state index contributed by atoms with van der Waals surface area (Å²) in [6.45, 7) is 2.58. The molecule has 158 valence electrons. The molecular formula is C16H27N5O6S. The molecule has 3 saturated heterocycles. The molecule has 0 aliphatic carbocycles. The summed E-state index contributed by atoms with van der Waals surface area (Å²) in [5, 5.41) is 5.33. The molecular weight excluding hydrogens is 390 g/mol. The van der Waals surface area contributed by atoms with E-state index in [1.54, 1.807) is 4.90 Å². The predicted octanol–water partition coefficient (Wildman–Crippen LogP) is -2.22. The van der Waals surface area contributed by atoms with E-state index in [1.807, 2.05) is 0 Å². The van der Waals surface area contributed by atoms with E-state index in [-0.39, 0.29) is 31.6 Å². The van der Waals surface area contributed by atoms with Gasteiger partial charge in [0.25, 0.3) is 0 Å². The highest BCUT2D eigenvalue weighted by molar-refractivity contribution is 7.88. The van der Waals surface area contributed by atoms with Gasteiger partial charge in [-0.25, -0.2) is 13.2 Å². The summed E-state index contributed by atoms with van der Waals surface area (Å²) >= 11 is 0. The molecule has 12 heteroatoms. The Labute approximate surface area is 164 Å². The van der Waals surface area contributed by atoms with E-state index in [4.69, 9.17) is 4.74 Å². The molecule has 2 N–H and O–H groups in total. The van der Waals surface area contributed by atoms with E-state index in [9.17, 15) is 22.8 Å². The Bertz CT molecular complexity index is 723. The molecule has 3 aliphatic heterocycles. The van der Waals surface area contributed by atoms with Crippen molar-refractivity contribution >= 4 is 27.9 Å². The van der Waals surface area contributed by atoms with Crippen molar-refractivity contribution in [3.63, 3.8) is 0 Å². The molecule has 3 fully saturated rings. The van der Waals surface area contributed by atoms with Gasteiger partial charge in [0, 0.05) is 39.3 Å². The first-order valence-corrected chi connectivity index (χ1v) is 11.3. The molecule has 0 radical (unpaired) electrons. The van der Waals surface area contributed by atoms with Crippen LogP contribution in [0.15, 0.2) is 0 Å². The summed E-state index contributed by atoms with van der Waals surface area (Å²) in [5.74, 6) is -0.838. The molecule has 2 atom stereocenters. The van der Waals surface area contributed by atoms with Crippen molar-refractivity contribution < 1.29 is 27.5 Å². The summed E-state index contributed by atoms with van der Waals surface area (Å²) < 4.78 is 30.7. The Hall–Kier alpha value is -1.92. The molecule has 0 unspecified atom stereocenters. The number of hydrogen-bond donors (Lipinski definition) is 2. The van der Waals surface area contributed by atoms with Crippen molar-refractivity contribution in [2.45, 2.75) is 24.9 Å². The number of hydrogen-bond acceptors (Lipinski definition) is 6. The first kappa shape index (κ1) is 20.8. The zero-order valence-corrected chi connectivity index (χ0v) is 16.7. The number of nitrogens with zero attached hydrogens (tertiary/aromatic N) is 3. The fourth-order valence-electron chi connectivity index (χ4n) is 3.68. The molecule has 3 aliphatic rings. The Morgan fingerprint density at radius 2 is 1.86 bits per heavy atom. The third-order valence-electron chi connectivity index (χ3n) is 5.21. The maximum atomic E-state index is 12.8. The normalized spacial score (nSPS) is 27.2. The van der Waals surface area contributed by atoms with Crippen LogP contribution in [0.4, 0.5) is 4.79 Å². The highest BCUT2D eigenvalue weighted by Gasteiger charge is 2.41. The molecule has 0 spiro atoms.